The standard InChI is InChI=1S/C22H25ClN2O2/c1-15(2)17-8-5-16(6-9-17)7-12-21(26)24-20-14-18(10-11-19(20)23)25-13-3-4-22(25)27/h5-6,8-11,14-15H,3-4,7,12-13H2,1-2H3,(H,24,26). The first-order chi connectivity index (χ1) is 12.9. The zero-order valence-corrected chi connectivity index (χ0v) is 16.6. The third-order valence-electron chi connectivity index (χ3n) is 4.90. The van der Waals surface area contributed by atoms with Gasteiger partial charge in [0.1, 0.15) is 0 Å². The van der Waals surface area contributed by atoms with E-state index in [1.165, 1.54) is 5.56 Å². The number of rotatable bonds is 6. The molecule has 0 aromatic heterocycles. The Hall–Kier alpha value is -2.33. The Morgan fingerprint density at radius 1 is 1.19 bits per heavy atom. The monoisotopic (exact) mass is 384 g/mol. The lowest BCUT2D eigenvalue weighted by Crippen LogP contribution is -2.23. The second kappa shape index (κ2) is 8.57. The highest BCUT2D eigenvalue weighted by Gasteiger charge is 2.22. The van der Waals surface area contributed by atoms with E-state index in [-0.39, 0.29) is 11.8 Å². The lowest BCUT2D eigenvalue weighted by atomic mass is 10.0. The van der Waals surface area contributed by atoms with Gasteiger partial charge < -0.3 is 10.2 Å². The van der Waals surface area contributed by atoms with Crippen molar-refractivity contribution < 1.29 is 9.59 Å². The van der Waals surface area contributed by atoms with E-state index < -0.39 is 0 Å². The van der Waals surface area contributed by atoms with E-state index in [9.17, 15) is 9.59 Å². The average molecular weight is 385 g/mol. The van der Waals surface area contributed by atoms with Gasteiger partial charge in [0.25, 0.3) is 0 Å². The molecular weight excluding hydrogens is 360 g/mol. The lowest BCUT2D eigenvalue weighted by molar-refractivity contribution is -0.117. The van der Waals surface area contributed by atoms with Gasteiger partial charge >= 0.3 is 0 Å². The van der Waals surface area contributed by atoms with Gasteiger partial charge in [-0.25, -0.2) is 0 Å². The molecule has 0 radical (unpaired) electrons. The molecule has 4 nitrogen and oxygen atoms in total. The molecule has 0 spiro atoms. The molecule has 1 fully saturated rings. The molecule has 2 aromatic rings. The van der Waals surface area contributed by atoms with E-state index in [4.69, 9.17) is 11.6 Å². The minimum atomic E-state index is -0.0882. The van der Waals surface area contributed by atoms with E-state index in [0.717, 1.165) is 17.7 Å². The van der Waals surface area contributed by atoms with Crippen LogP contribution in [0.15, 0.2) is 42.5 Å². The second-order valence-electron chi connectivity index (χ2n) is 7.26. The number of anilines is 2. The number of benzene rings is 2. The Morgan fingerprint density at radius 3 is 2.56 bits per heavy atom. The average Bonchev–Trinajstić information content (AvgIpc) is 3.08. The van der Waals surface area contributed by atoms with Crippen LogP contribution in [0.2, 0.25) is 5.02 Å². The van der Waals surface area contributed by atoms with Crippen LogP contribution in [-0.2, 0) is 16.0 Å². The maximum absolute atomic E-state index is 12.4. The van der Waals surface area contributed by atoms with Crippen LogP contribution >= 0.6 is 11.6 Å². The molecule has 0 unspecified atom stereocenters. The van der Waals surface area contributed by atoms with E-state index in [0.29, 0.717) is 42.4 Å². The largest absolute Gasteiger partial charge is 0.325 e. The van der Waals surface area contributed by atoms with E-state index in [2.05, 4.69) is 43.4 Å². The topological polar surface area (TPSA) is 49.4 Å². The summed E-state index contributed by atoms with van der Waals surface area (Å²) in [6, 6.07) is 13.7. The predicted octanol–water partition coefficient (Wildman–Crippen LogP) is 5.16. The van der Waals surface area contributed by atoms with Gasteiger partial charge in [-0.15, -0.1) is 0 Å². The van der Waals surface area contributed by atoms with Gasteiger partial charge in [0, 0.05) is 25.1 Å². The molecule has 1 aliphatic rings. The molecule has 1 saturated heterocycles. The molecular formula is C22H25ClN2O2. The maximum Gasteiger partial charge on any atom is 0.227 e. The number of aryl methyl sites for hydroxylation is 1. The highest BCUT2D eigenvalue weighted by molar-refractivity contribution is 6.33. The van der Waals surface area contributed by atoms with Crippen LogP contribution in [0.3, 0.4) is 0 Å². The van der Waals surface area contributed by atoms with Gasteiger partial charge in [-0.1, -0.05) is 49.7 Å². The summed E-state index contributed by atoms with van der Waals surface area (Å²) in [7, 11) is 0. The Labute approximate surface area is 165 Å². The number of hydrogen-bond acceptors (Lipinski definition) is 2. The van der Waals surface area contributed by atoms with Crippen molar-refractivity contribution in [1.29, 1.82) is 0 Å². The van der Waals surface area contributed by atoms with Gasteiger partial charge in [0.2, 0.25) is 11.8 Å². The number of nitrogens with one attached hydrogen (secondary N) is 1. The fourth-order valence-corrected chi connectivity index (χ4v) is 3.40. The summed E-state index contributed by atoms with van der Waals surface area (Å²) in [5.41, 5.74) is 3.76. The zero-order valence-electron chi connectivity index (χ0n) is 15.8. The summed E-state index contributed by atoms with van der Waals surface area (Å²) < 4.78 is 0. The highest BCUT2D eigenvalue weighted by Crippen LogP contribution is 2.30. The molecule has 3 rings (SSSR count). The molecule has 5 heteroatoms. The van der Waals surface area contributed by atoms with Crippen LogP contribution in [-0.4, -0.2) is 18.4 Å². The smallest absolute Gasteiger partial charge is 0.227 e. The summed E-state index contributed by atoms with van der Waals surface area (Å²) in [6.45, 7) is 5.03. The van der Waals surface area contributed by atoms with Crippen LogP contribution in [0.5, 0.6) is 0 Å². The predicted molar refractivity (Wildman–Crippen MR) is 111 cm³/mol. The molecule has 2 aromatic carbocycles. The molecule has 1 aliphatic heterocycles. The van der Waals surface area contributed by atoms with Crippen molar-refractivity contribution in [3.8, 4) is 0 Å². The van der Waals surface area contributed by atoms with Crippen molar-refractivity contribution in [2.24, 2.45) is 0 Å². The molecule has 0 aliphatic carbocycles. The SMILES string of the molecule is CC(C)c1ccc(CCC(=O)Nc2cc(N3CCCC3=O)ccc2Cl)cc1. The fraction of sp³-hybridized carbons (Fsp3) is 0.364. The van der Waals surface area contributed by atoms with Gasteiger partial charge in [0.15, 0.2) is 0 Å². The first-order valence-electron chi connectivity index (χ1n) is 9.42. The number of amides is 2. The summed E-state index contributed by atoms with van der Waals surface area (Å²) in [6.07, 6.45) is 2.48. The number of carbonyl (C=O) groups excluding carboxylic acids is 2. The van der Waals surface area contributed by atoms with Crippen molar-refractivity contribution in [3.05, 3.63) is 58.6 Å². The van der Waals surface area contributed by atoms with Gasteiger partial charge in [-0.2, -0.15) is 0 Å². The minimum absolute atomic E-state index is 0.0882. The zero-order chi connectivity index (χ0) is 19.4. The van der Waals surface area contributed by atoms with Crippen molar-refractivity contribution in [2.45, 2.75) is 45.4 Å². The van der Waals surface area contributed by atoms with Crippen molar-refractivity contribution in [2.75, 3.05) is 16.8 Å². The molecule has 0 bridgehead atoms. The van der Waals surface area contributed by atoms with E-state index in [1.54, 1.807) is 17.0 Å². The first kappa shape index (κ1) is 19.4. The Bertz CT molecular complexity index is 831. The number of carbonyl (C=O) groups is 2. The number of halogens is 1. The summed E-state index contributed by atoms with van der Waals surface area (Å²) in [5, 5.41) is 3.35. The normalized spacial score (nSPS) is 14.1. The van der Waals surface area contributed by atoms with Crippen molar-refractivity contribution in [1.82, 2.24) is 0 Å². The Balaban J connectivity index is 1.61. The molecule has 0 atom stereocenters. The van der Waals surface area contributed by atoms with Gasteiger partial charge in [-0.3, -0.25) is 9.59 Å². The van der Waals surface area contributed by atoms with Gasteiger partial charge in [-0.05, 0) is 48.1 Å². The van der Waals surface area contributed by atoms with Crippen molar-refractivity contribution in [3.63, 3.8) is 0 Å². The number of hydrogen-bond donors (Lipinski definition) is 1. The van der Waals surface area contributed by atoms with Crippen LogP contribution in [0.4, 0.5) is 11.4 Å². The molecule has 2 amide bonds. The maximum atomic E-state index is 12.4. The summed E-state index contributed by atoms with van der Waals surface area (Å²) >= 11 is 6.23. The molecule has 142 valence electrons. The molecule has 0 saturated carbocycles. The molecule has 1 heterocycles. The minimum Gasteiger partial charge on any atom is -0.325 e. The number of nitrogens with zero attached hydrogens (tertiary/aromatic N) is 1. The van der Waals surface area contributed by atoms with Crippen LogP contribution in [0.25, 0.3) is 0 Å². The second-order valence-corrected chi connectivity index (χ2v) is 7.66. The van der Waals surface area contributed by atoms with Crippen LogP contribution in [0.1, 0.15) is 50.2 Å². The van der Waals surface area contributed by atoms with E-state index in [1.807, 2.05) is 6.07 Å². The third kappa shape index (κ3) is 4.89. The van der Waals surface area contributed by atoms with Crippen molar-refractivity contribution >= 4 is 34.8 Å². The lowest BCUT2D eigenvalue weighted by Gasteiger charge is -2.17. The first-order valence-corrected chi connectivity index (χ1v) is 9.80. The van der Waals surface area contributed by atoms with E-state index >= 15 is 0 Å². The third-order valence-corrected chi connectivity index (χ3v) is 5.23. The Kier molecular flexibility index (Phi) is 6.17. The molecule has 1 N–H and O–H groups in total. The Morgan fingerprint density at radius 2 is 1.93 bits per heavy atom. The summed E-state index contributed by atoms with van der Waals surface area (Å²) in [5.74, 6) is 0.522. The quantitative estimate of drug-likeness (QED) is 0.747. The highest BCUT2D eigenvalue weighted by atomic mass is 35.5. The van der Waals surface area contributed by atoms with Crippen LogP contribution in [0, 0.1) is 0 Å². The summed E-state index contributed by atoms with van der Waals surface area (Å²) in [4.78, 5) is 26.0. The molecule has 27 heavy (non-hydrogen) atoms. The van der Waals surface area contributed by atoms with Gasteiger partial charge in [0.05, 0.1) is 10.7 Å². The fourth-order valence-electron chi connectivity index (χ4n) is 3.24. The van der Waals surface area contributed by atoms with Crippen LogP contribution < -0.4 is 10.2 Å².